The number of carbonyl (C=O) groups excluding carboxylic acids is 1. The molecular weight excluding hydrogens is 382 g/mol. The summed E-state index contributed by atoms with van der Waals surface area (Å²) >= 11 is 0. The van der Waals surface area contributed by atoms with Crippen LogP contribution < -0.4 is 4.72 Å². The number of sulfonamides is 1. The molecular formula is C24H27NO3S. The maximum atomic E-state index is 12.9. The van der Waals surface area contributed by atoms with E-state index in [0.717, 1.165) is 17.8 Å². The van der Waals surface area contributed by atoms with E-state index in [1.165, 1.54) is 51.0 Å². The number of hydrogen-bond donors (Lipinski definition) is 1. The zero-order valence-electron chi connectivity index (χ0n) is 16.7. The van der Waals surface area contributed by atoms with Crippen molar-refractivity contribution in [3.8, 4) is 0 Å². The van der Waals surface area contributed by atoms with Crippen LogP contribution >= 0.6 is 0 Å². The van der Waals surface area contributed by atoms with Crippen LogP contribution in [0.25, 0.3) is 0 Å². The summed E-state index contributed by atoms with van der Waals surface area (Å²) < 4.78 is 28.4. The van der Waals surface area contributed by atoms with Crippen molar-refractivity contribution in [1.82, 2.24) is 0 Å². The molecule has 4 aliphatic carbocycles. The van der Waals surface area contributed by atoms with E-state index in [1.807, 2.05) is 12.1 Å². The Kier molecular flexibility index (Phi) is 4.35. The van der Waals surface area contributed by atoms with Gasteiger partial charge in [0.1, 0.15) is 0 Å². The van der Waals surface area contributed by atoms with Crippen LogP contribution in [0.5, 0.6) is 0 Å². The maximum absolute atomic E-state index is 12.9. The van der Waals surface area contributed by atoms with E-state index in [9.17, 15) is 13.2 Å². The molecule has 0 heterocycles. The molecule has 0 aromatic heterocycles. The number of anilines is 1. The quantitative estimate of drug-likeness (QED) is 0.694. The summed E-state index contributed by atoms with van der Waals surface area (Å²) in [6.07, 6.45) is 7.96. The molecule has 0 atom stereocenters. The molecule has 29 heavy (non-hydrogen) atoms. The molecule has 4 saturated carbocycles. The lowest BCUT2D eigenvalue weighted by molar-refractivity contribution is -0.00521. The van der Waals surface area contributed by atoms with Gasteiger partial charge in [-0.05, 0) is 98.4 Å². The smallest absolute Gasteiger partial charge is 0.261 e. The van der Waals surface area contributed by atoms with Gasteiger partial charge >= 0.3 is 0 Å². The Hall–Kier alpha value is -2.14. The van der Waals surface area contributed by atoms with Crippen LogP contribution in [0.1, 0.15) is 61.4 Å². The third kappa shape index (κ3) is 3.29. The highest BCUT2D eigenvalue weighted by Gasteiger charge is 2.51. The molecule has 4 fully saturated rings. The van der Waals surface area contributed by atoms with Gasteiger partial charge in [-0.3, -0.25) is 9.52 Å². The molecule has 1 N–H and O–H groups in total. The molecule has 152 valence electrons. The van der Waals surface area contributed by atoms with Crippen molar-refractivity contribution in [2.75, 3.05) is 4.72 Å². The number of hydrogen-bond acceptors (Lipinski definition) is 3. The van der Waals surface area contributed by atoms with Gasteiger partial charge in [0, 0.05) is 5.56 Å². The first-order valence-corrected chi connectivity index (χ1v) is 12.1. The van der Waals surface area contributed by atoms with Gasteiger partial charge in [-0.2, -0.15) is 0 Å². The predicted molar refractivity (Wildman–Crippen MR) is 114 cm³/mol. The number of benzene rings is 2. The first kappa shape index (κ1) is 18.9. The molecule has 2 aromatic rings. The highest BCUT2D eigenvalue weighted by atomic mass is 32.2. The summed E-state index contributed by atoms with van der Waals surface area (Å²) in [6, 6.07) is 14.2. The van der Waals surface area contributed by atoms with Crippen molar-refractivity contribution < 1.29 is 13.2 Å². The third-order valence-corrected chi connectivity index (χ3v) is 8.75. The van der Waals surface area contributed by atoms with Crippen LogP contribution in [0, 0.1) is 17.8 Å². The van der Waals surface area contributed by atoms with Gasteiger partial charge in [0.15, 0.2) is 5.78 Å². The van der Waals surface area contributed by atoms with Crippen molar-refractivity contribution in [2.24, 2.45) is 17.8 Å². The van der Waals surface area contributed by atoms with Crippen molar-refractivity contribution in [3.05, 3.63) is 59.7 Å². The van der Waals surface area contributed by atoms with Crippen LogP contribution in [-0.2, 0) is 15.4 Å². The van der Waals surface area contributed by atoms with Gasteiger partial charge in [-0.1, -0.05) is 24.3 Å². The molecule has 4 bridgehead atoms. The van der Waals surface area contributed by atoms with E-state index in [1.54, 1.807) is 36.4 Å². The second kappa shape index (κ2) is 6.69. The Morgan fingerprint density at radius 3 is 2.00 bits per heavy atom. The van der Waals surface area contributed by atoms with Gasteiger partial charge in [0.25, 0.3) is 10.0 Å². The lowest BCUT2D eigenvalue weighted by Gasteiger charge is -2.57. The fraction of sp³-hybridized carbons (Fsp3) is 0.458. The van der Waals surface area contributed by atoms with Gasteiger partial charge < -0.3 is 0 Å². The zero-order valence-corrected chi connectivity index (χ0v) is 17.5. The van der Waals surface area contributed by atoms with Crippen LogP contribution in [-0.4, -0.2) is 14.2 Å². The molecule has 0 amide bonds. The molecule has 5 heteroatoms. The van der Waals surface area contributed by atoms with E-state index in [0.29, 0.717) is 11.3 Å². The van der Waals surface area contributed by atoms with Crippen LogP contribution in [0.4, 0.5) is 5.69 Å². The zero-order chi connectivity index (χ0) is 20.2. The molecule has 4 aliphatic rings. The number of nitrogens with one attached hydrogen (secondary N) is 1. The molecule has 0 unspecified atom stereocenters. The van der Waals surface area contributed by atoms with E-state index >= 15 is 0 Å². The largest absolute Gasteiger partial charge is 0.294 e. The molecule has 0 aliphatic heterocycles. The first-order chi connectivity index (χ1) is 13.8. The van der Waals surface area contributed by atoms with Gasteiger partial charge in [0.05, 0.1) is 10.6 Å². The molecule has 0 radical (unpaired) electrons. The summed E-state index contributed by atoms with van der Waals surface area (Å²) in [7, 11) is -3.74. The van der Waals surface area contributed by atoms with E-state index in [2.05, 4.69) is 4.72 Å². The number of ketones is 1. The predicted octanol–water partition coefficient (Wildman–Crippen LogP) is 5.16. The minimum Gasteiger partial charge on any atom is -0.294 e. The molecule has 2 aromatic carbocycles. The minimum absolute atomic E-state index is 0.166. The van der Waals surface area contributed by atoms with Gasteiger partial charge in [0.2, 0.25) is 0 Å². The Bertz CT molecular complexity index is 1020. The second-order valence-corrected chi connectivity index (χ2v) is 11.1. The number of rotatable bonds is 5. The molecule has 0 saturated heterocycles. The van der Waals surface area contributed by atoms with E-state index in [4.69, 9.17) is 0 Å². The molecule has 0 spiro atoms. The standard InChI is InChI=1S/C24H27NO3S/c1-16(26)22-4-2-3-5-23(22)25-29(27,28)21-8-6-20(7-9-21)24-13-17-10-18(14-24)12-19(11-17)15-24/h2-9,17-19,25H,10-15H2,1H3. The second-order valence-electron chi connectivity index (χ2n) is 9.43. The average Bonchev–Trinajstić information content (AvgIpc) is 2.67. The SMILES string of the molecule is CC(=O)c1ccccc1NS(=O)(=O)c1ccc(C23CC4CC(CC(C4)C2)C3)cc1. The topological polar surface area (TPSA) is 63.2 Å². The number of Topliss-reactive ketones (excluding diaryl/α,β-unsaturated/α-hetero) is 1. The van der Waals surface area contributed by atoms with Crippen LogP contribution in [0.3, 0.4) is 0 Å². The van der Waals surface area contributed by atoms with Gasteiger partial charge in [-0.15, -0.1) is 0 Å². The highest BCUT2D eigenvalue weighted by Crippen LogP contribution is 2.60. The fourth-order valence-corrected chi connectivity index (χ4v) is 7.61. The lowest BCUT2D eigenvalue weighted by Crippen LogP contribution is -2.48. The Morgan fingerprint density at radius 2 is 1.45 bits per heavy atom. The number of para-hydroxylation sites is 1. The number of carbonyl (C=O) groups is 1. The Balaban J connectivity index is 1.41. The van der Waals surface area contributed by atoms with Crippen molar-refractivity contribution in [2.45, 2.75) is 55.8 Å². The van der Waals surface area contributed by atoms with E-state index < -0.39 is 10.0 Å². The first-order valence-electron chi connectivity index (χ1n) is 10.6. The summed E-state index contributed by atoms with van der Waals surface area (Å²) in [5.41, 5.74) is 2.26. The Morgan fingerprint density at radius 1 is 0.897 bits per heavy atom. The van der Waals surface area contributed by atoms with Crippen molar-refractivity contribution in [3.63, 3.8) is 0 Å². The fourth-order valence-electron chi connectivity index (χ4n) is 6.53. The molecule has 6 rings (SSSR count). The Labute approximate surface area is 172 Å². The average molecular weight is 410 g/mol. The lowest BCUT2D eigenvalue weighted by atomic mass is 9.48. The monoisotopic (exact) mass is 409 g/mol. The van der Waals surface area contributed by atoms with Gasteiger partial charge in [-0.25, -0.2) is 8.42 Å². The van der Waals surface area contributed by atoms with Crippen LogP contribution in [0.15, 0.2) is 53.4 Å². The van der Waals surface area contributed by atoms with E-state index in [-0.39, 0.29) is 16.1 Å². The summed E-state index contributed by atoms with van der Waals surface area (Å²) in [6.45, 7) is 1.44. The normalized spacial score (nSPS) is 30.3. The van der Waals surface area contributed by atoms with Crippen molar-refractivity contribution >= 4 is 21.5 Å². The van der Waals surface area contributed by atoms with Crippen LogP contribution in [0.2, 0.25) is 0 Å². The summed E-state index contributed by atoms with van der Waals surface area (Å²) in [5.74, 6) is 2.40. The summed E-state index contributed by atoms with van der Waals surface area (Å²) in [4.78, 5) is 12.0. The molecule has 4 nitrogen and oxygen atoms in total. The highest BCUT2D eigenvalue weighted by molar-refractivity contribution is 7.92. The third-order valence-electron chi connectivity index (χ3n) is 7.37. The van der Waals surface area contributed by atoms with Crippen molar-refractivity contribution in [1.29, 1.82) is 0 Å². The summed E-state index contributed by atoms with van der Waals surface area (Å²) in [5, 5.41) is 0. The maximum Gasteiger partial charge on any atom is 0.261 e. The minimum atomic E-state index is -3.74.